The van der Waals surface area contributed by atoms with Crippen LogP contribution < -0.4 is 4.74 Å². The molecular formula is C19H28ClN3O4S. The molecule has 28 heavy (non-hydrogen) atoms. The lowest BCUT2D eigenvalue weighted by atomic mass is 9.84. The smallest absolute Gasteiger partial charge is 0.281 e. The van der Waals surface area contributed by atoms with Crippen molar-refractivity contribution in [3.05, 3.63) is 29.3 Å². The highest BCUT2D eigenvalue weighted by atomic mass is 35.5. The molecule has 2 heterocycles. The summed E-state index contributed by atoms with van der Waals surface area (Å²) in [5, 5.41) is 0.560. The molecule has 2 aliphatic rings. The minimum absolute atomic E-state index is 0.0558. The maximum atomic E-state index is 13.1. The Kier molecular flexibility index (Phi) is 6.54. The molecule has 0 spiro atoms. The molecule has 9 heteroatoms. The first kappa shape index (κ1) is 21.4. The van der Waals surface area contributed by atoms with Crippen LogP contribution >= 0.6 is 11.6 Å². The van der Waals surface area contributed by atoms with Crippen LogP contribution in [0.2, 0.25) is 5.02 Å². The molecule has 0 radical (unpaired) electrons. The summed E-state index contributed by atoms with van der Waals surface area (Å²) in [4.78, 5) is 14.9. The molecule has 0 saturated carbocycles. The van der Waals surface area contributed by atoms with Crippen LogP contribution in [0.5, 0.6) is 5.75 Å². The molecular weight excluding hydrogens is 402 g/mol. The largest absolute Gasteiger partial charge is 0.481 e. The molecule has 3 atom stereocenters. The van der Waals surface area contributed by atoms with E-state index in [1.54, 1.807) is 45.3 Å². The number of carbonyl (C=O) groups excluding carboxylic acids is 1. The third kappa shape index (κ3) is 4.45. The Hall–Kier alpha value is -1.35. The van der Waals surface area contributed by atoms with Crippen molar-refractivity contribution in [2.45, 2.75) is 38.3 Å². The van der Waals surface area contributed by atoms with Crippen LogP contribution in [0, 0.1) is 5.92 Å². The van der Waals surface area contributed by atoms with Crippen LogP contribution in [0.3, 0.4) is 0 Å². The second-order valence-electron chi connectivity index (χ2n) is 7.66. The second-order valence-corrected chi connectivity index (χ2v) is 10.2. The first-order valence-electron chi connectivity index (χ1n) is 9.60. The minimum Gasteiger partial charge on any atom is -0.481 e. The number of carbonyl (C=O) groups is 1. The van der Waals surface area contributed by atoms with Crippen molar-refractivity contribution in [2.24, 2.45) is 5.92 Å². The maximum Gasteiger partial charge on any atom is 0.281 e. The zero-order valence-corrected chi connectivity index (χ0v) is 18.1. The van der Waals surface area contributed by atoms with Gasteiger partial charge in [0, 0.05) is 44.8 Å². The first-order chi connectivity index (χ1) is 13.2. The van der Waals surface area contributed by atoms with Crippen LogP contribution in [-0.2, 0) is 15.0 Å². The van der Waals surface area contributed by atoms with Crippen molar-refractivity contribution >= 4 is 27.7 Å². The number of nitrogens with zero attached hydrogens (tertiary/aromatic N) is 3. The summed E-state index contributed by atoms with van der Waals surface area (Å²) in [6.07, 6.45) is 1.82. The maximum absolute atomic E-state index is 13.1. The van der Waals surface area contributed by atoms with E-state index in [1.165, 1.54) is 8.61 Å². The van der Waals surface area contributed by atoms with Crippen molar-refractivity contribution in [3.8, 4) is 5.75 Å². The molecule has 1 unspecified atom stereocenters. The minimum atomic E-state index is -3.42. The average molecular weight is 430 g/mol. The van der Waals surface area contributed by atoms with Gasteiger partial charge in [-0.1, -0.05) is 17.7 Å². The summed E-state index contributed by atoms with van der Waals surface area (Å²) >= 11 is 5.99. The van der Waals surface area contributed by atoms with Gasteiger partial charge in [-0.25, -0.2) is 0 Å². The summed E-state index contributed by atoms with van der Waals surface area (Å²) < 4.78 is 33.5. The van der Waals surface area contributed by atoms with E-state index >= 15 is 0 Å². The molecule has 0 bridgehead atoms. The molecule has 1 aromatic carbocycles. The number of likely N-dealkylation sites (tertiary alicyclic amines) is 1. The Morgan fingerprint density at radius 2 is 2.04 bits per heavy atom. The number of hydrogen-bond donors (Lipinski definition) is 0. The van der Waals surface area contributed by atoms with Gasteiger partial charge < -0.3 is 9.64 Å². The van der Waals surface area contributed by atoms with E-state index in [1.807, 2.05) is 4.90 Å². The molecule has 0 aliphatic carbocycles. The van der Waals surface area contributed by atoms with Gasteiger partial charge in [0.2, 0.25) is 0 Å². The molecule has 2 saturated heterocycles. The molecule has 1 amide bonds. The van der Waals surface area contributed by atoms with Crippen molar-refractivity contribution in [1.29, 1.82) is 0 Å². The van der Waals surface area contributed by atoms with E-state index in [4.69, 9.17) is 16.3 Å². The van der Waals surface area contributed by atoms with Crippen LogP contribution in [-0.4, -0.2) is 73.7 Å². The Morgan fingerprint density at radius 1 is 1.29 bits per heavy atom. The van der Waals surface area contributed by atoms with E-state index < -0.39 is 16.3 Å². The third-order valence-electron chi connectivity index (χ3n) is 5.56. The van der Waals surface area contributed by atoms with Gasteiger partial charge in [-0.3, -0.25) is 4.79 Å². The van der Waals surface area contributed by atoms with E-state index in [2.05, 4.69) is 0 Å². The molecule has 0 aromatic heterocycles. The van der Waals surface area contributed by atoms with Crippen molar-refractivity contribution < 1.29 is 17.9 Å². The summed E-state index contributed by atoms with van der Waals surface area (Å²) in [7, 11) is -0.326. The van der Waals surface area contributed by atoms with Gasteiger partial charge in [0.15, 0.2) is 6.10 Å². The standard InChI is InChI=1S/C19H28ClN3O4S/c1-14(27-17-8-4-7-16(20)12-17)19(24)23-10-5-6-15-13-22(11-9-18(15)23)28(25,26)21(2)3/h4,7-8,12,14-15,18H,5-6,9-11,13H2,1-3H3/t14?,15-,18+/m0/s1. The van der Waals surface area contributed by atoms with Gasteiger partial charge in [0.25, 0.3) is 16.1 Å². The Balaban J connectivity index is 1.67. The van der Waals surface area contributed by atoms with E-state index in [9.17, 15) is 13.2 Å². The highest BCUT2D eigenvalue weighted by Crippen LogP contribution is 2.32. The molecule has 7 nitrogen and oxygen atoms in total. The molecule has 156 valence electrons. The van der Waals surface area contributed by atoms with Gasteiger partial charge in [0.1, 0.15) is 5.75 Å². The van der Waals surface area contributed by atoms with Crippen LogP contribution in [0.15, 0.2) is 24.3 Å². The second kappa shape index (κ2) is 8.57. The summed E-state index contributed by atoms with van der Waals surface area (Å²) in [6.45, 7) is 3.32. The number of hydrogen-bond acceptors (Lipinski definition) is 4. The van der Waals surface area contributed by atoms with Gasteiger partial charge in [-0.15, -0.1) is 0 Å². The predicted molar refractivity (Wildman–Crippen MR) is 109 cm³/mol. The molecule has 2 fully saturated rings. The van der Waals surface area contributed by atoms with Gasteiger partial charge in [-0.2, -0.15) is 17.0 Å². The summed E-state index contributed by atoms with van der Waals surface area (Å²) in [5.74, 6) is 0.659. The van der Waals surface area contributed by atoms with Gasteiger partial charge in [0.05, 0.1) is 0 Å². The van der Waals surface area contributed by atoms with Crippen LogP contribution in [0.4, 0.5) is 0 Å². The predicted octanol–water partition coefficient (Wildman–Crippen LogP) is 2.23. The lowest BCUT2D eigenvalue weighted by Gasteiger charge is -2.47. The number of amides is 1. The number of ether oxygens (including phenoxy) is 1. The number of halogens is 1. The average Bonchev–Trinajstić information content (AvgIpc) is 2.66. The Labute approximate surface area is 172 Å². The molecule has 0 N–H and O–H groups in total. The normalized spacial score (nSPS) is 24.7. The van der Waals surface area contributed by atoms with Crippen molar-refractivity contribution in [3.63, 3.8) is 0 Å². The third-order valence-corrected chi connectivity index (χ3v) is 7.70. The lowest BCUT2D eigenvalue weighted by Crippen LogP contribution is -2.59. The topological polar surface area (TPSA) is 70.2 Å². The van der Waals surface area contributed by atoms with Gasteiger partial charge in [-0.05, 0) is 50.3 Å². The molecule has 2 aliphatic heterocycles. The van der Waals surface area contributed by atoms with Crippen molar-refractivity contribution in [2.75, 3.05) is 33.7 Å². The van der Waals surface area contributed by atoms with Crippen molar-refractivity contribution in [1.82, 2.24) is 13.5 Å². The van der Waals surface area contributed by atoms with E-state index in [0.29, 0.717) is 36.8 Å². The highest BCUT2D eigenvalue weighted by Gasteiger charge is 2.42. The summed E-state index contributed by atoms with van der Waals surface area (Å²) in [6, 6.07) is 7.06. The SMILES string of the molecule is CC(Oc1cccc(Cl)c1)C(=O)N1CCC[C@H]2CN(S(=O)(=O)N(C)C)CC[C@H]21. The van der Waals surface area contributed by atoms with Crippen LogP contribution in [0.25, 0.3) is 0 Å². The van der Waals surface area contributed by atoms with E-state index in [0.717, 1.165) is 12.8 Å². The van der Waals surface area contributed by atoms with Crippen LogP contribution in [0.1, 0.15) is 26.2 Å². The Bertz CT molecular complexity index is 817. The fourth-order valence-electron chi connectivity index (χ4n) is 4.11. The number of piperidine rings is 2. The summed E-state index contributed by atoms with van der Waals surface area (Å²) in [5.41, 5.74) is 0. The highest BCUT2D eigenvalue weighted by molar-refractivity contribution is 7.86. The molecule has 3 rings (SSSR count). The van der Waals surface area contributed by atoms with E-state index in [-0.39, 0.29) is 17.9 Å². The fourth-order valence-corrected chi connectivity index (χ4v) is 5.47. The lowest BCUT2D eigenvalue weighted by molar-refractivity contribution is -0.144. The van der Waals surface area contributed by atoms with Gasteiger partial charge >= 0.3 is 0 Å². The first-order valence-corrected chi connectivity index (χ1v) is 11.4. The number of benzene rings is 1. The number of rotatable bonds is 5. The zero-order chi connectivity index (χ0) is 20.5. The monoisotopic (exact) mass is 429 g/mol. The quantitative estimate of drug-likeness (QED) is 0.719. The zero-order valence-electron chi connectivity index (χ0n) is 16.5. The number of fused-ring (bicyclic) bond motifs is 1. The molecule has 1 aromatic rings. The Morgan fingerprint density at radius 3 is 2.71 bits per heavy atom. The fraction of sp³-hybridized carbons (Fsp3) is 0.632.